The zero-order valence-electron chi connectivity index (χ0n) is 5.94. The molecule has 0 radical (unpaired) electrons. The molecule has 0 aromatic carbocycles. The number of ether oxygens (including phenoxy) is 1. The molecule has 0 fully saturated rings. The second-order valence-corrected chi connectivity index (χ2v) is 3.14. The van der Waals surface area contributed by atoms with Crippen molar-refractivity contribution in [2.24, 2.45) is 0 Å². The van der Waals surface area contributed by atoms with E-state index in [9.17, 15) is 13.2 Å². The number of rotatable bonds is 4. The Bertz CT molecular complexity index is 240. The topological polar surface area (TPSA) is 69.7 Å². The van der Waals surface area contributed by atoms with Gasteiger partial charge in [0.25, 0.3) is 0 Å². The summed E-state index contributed by atoms with van der Waals surface area (Å²) in [5.41, 5.74) is 0. The van der Waals surface area contributed by atoms with E-state index in [0.717, 1.165) is 13.4 Å². The molecule has 0 unspecified atom stereocenters. The first-order valence-electron chi connectivity index (χ1n) is 2.60. The Morgan fingerprint density at radius 1 is 1.64 bits per heavy atom. The monoisotopic (exact) mass is 180 g/mol. The molecule has 0 saturated carbocycles. The fourth-order valence-electron chi connectivity index (χ4n) is 0.341. The Morgan fingerprint density at radius 3 is 2.55 bits per heavy atom. The summed E-state index contributed by atoms with van der Waals surface area (Å²) in [7, 11) is -2.75. The van der Waals surface area contributed by atoms with Crippen LogP contribution in [0.25, 0.3) is 0 Å². The van der Waals surface area contributed by atoms with E-state index < -0.39 is 21.8 Å². The summed E-state index contributed by atoms with van der Waals surface area (Å²) in [5, 5.41) is 0. The molecule has 6 heteroatoms. The number of carbonyl (C=O) groups is 1. The molecular weight excluding hydrogens is 172 g/mol. The average Bonchev–Trinajstić information content (AvgIpc) is 1.86. The Kier molecular flexibility index (Phi) is 3.59. The predicted molar refractivity (Wildman–Crippen MR) is 37.1 cm³/mol. The molecule has 64 valence electrons. The molecule has 0 aliphatic carbocycles. The number of hydrogen-bond donors (Lipinski definition) is 0. The molecule has 0 saturated heterocycles. The van der Waals surface area contributed by atoms with Crippen molar-refractivity contribution in [2.75, 3.05) is 12.9 Å². The van der Waals surface area contributed by atoms with Gasteiger partial charge in [-0.15, -0.1) is 0 Å². The maximum Gasteiger partial charge on any atom is 0.324 e. The summed E-state index contributed by atoms with van der Waals surface area (Å²) in [5.74, 6) is -1.66. The standard InChI is InChI=1S/C5H8O5S/c1-3-10-11(7,8)4-5(6)9-2/h3H,1,4H2,2H3. The average molecular weight is 180 g/mol. The summed E-state index contributed by atoms with van der Waals surface area (Å²) in [6.07, 6.45) is 0.734. The van der Waals surface area contributed by atoms with Gasteiger partial charge in [-0.3, -0.25) is 4.79 Å². The highest BCUT2D eigenvalue weighted by Crippen LogP contribution is 1.93. The molecule has 0 N–H and O–H groups in total. The van der Waals surface area contributed by atoms with E-state index in [-0.39, 0.29) is 0 Å². The Labute approximate surface area is 64.7 Å². The van der Waals surface area contributed by atoms with Crippen molar-refractivity contribution in [1.29, 1.82) is 0 Å². The third kappa shape index (κ3) is 4.38. The molecule has 0 aliphatic heterocycles. The smallest absolute Gasteiger partial charge is 0.324 e. The first kappa shape index (κ1) is 9.96. The normalized spacial score (nSPS) is 10.3. The summed E-state index contributed by atoms with van der Waals surface area (Å²) in [6.45, 7) is 3.03. The third-order valence-electron chi connectivity index (χ3n) is 0.737. The van der Waals surface area contributed by atoms with Crippen LogP contribution in [0.3, 0.4) is 0 Å². The van der Waals surface area contributed by atoms with Crippen LogP contribution in [0.4, 0.5) is 0 Å². The first-order chi connectivity index (χ1) is 5.02. The molecule has 0 bridgehead atoms. The molecule has 0 aromatic rings. The van der Waals surface area contributed by atoms with Gasteiger partial charge in [0.15, 0.2) is 5.75 Å². The minimum Gasteiger partial charge on any atom is -0.468 e. The van der Waals surface area contributed by atoms with E-state index >= 15 is 0 Å². The highest BCUT2D eigenvalue weighted by atomic mass is 32.2. The number of methoxy groups -OCH3 is 1. The Morgan fingerprint density at radius 2 is 2.18 bits per heavy atom. The molecule has 0 aliphatic rings. The fourth-order valence-corrected chi connectivity index (χ4v) is 1.02. The van der Waals surface area contributed by atoms with Crippen LogP contribution in [0.2, 0.25) is 0 Å². The third-order valence-corrected chi connectivity index (χ3v) is 1.76. The van der Waals surface area contributed by atoms with E-state index in [2.05, 4.69) is 15.5 Å². The minimum absolute atomic E-state index is 0.734. The zero-order valence-corrected chi connectivity index (χ0v) is 6.76. The lowest BCUT2D eigenvalue weighted by atomic mass is 10.8. The van der Waals surface area contributed by atoms with Gasteiger partial charge in [-0.25, -0.2) is 0 Å². The van der Waals surface area contributed by atoms with Crippen molar-refractivity contribution in [3.05, 3.63) is 12.8 Å². The van der Waals surface area contributed by atoms with Crippen LogP contribution in [0.5, 0.6) is 0 Å². The summed E-state index contributed by atoms with van der Waals surface area (Å²) in [6, 6.07) is 0. The van der Waals surface area contributed by atoms with Gasteiger partial charge < -0.3 is 8.92 Å². The highest BCUT2D eigenvalue weighted by Gasteiger charge is 2.16. The second-order valence-electron chi connectivity index (χ2n) is 1.54. The zero-order chi connectivity index (χ0) is 8.91. The van der Waals surface area contributed by atoms with Crippen molar-refractivity contribution in [3.63, 3.8) is 0 Å². The predicted octanol–water partition coefficient (Wildman–Crippen LogP) is -0.351. The summed E-state index contributed by atoms with van der Waals surface area (Å²) >= 11 is 0. The van der Waals surface area contributed by atoms with Gasteiger partial charge >= 0.3 is 16.1 Å². The Balaban J connectivity index is 4.13. The van der Waals surface area contributed by atoms with Gasteiger partial charge in [0.2, 0.25) is 0 Å². The van der Waals surface area contributed by atoms with Gasteiger partial charge in [-0.1, -0.05) is 6.58 Å². The van der Waals surface area contributed by atoms with E-state index in [1.165, 1.54) is 0 Å². The van der Waals surface area contributed by atoms with Crippen molar-refractivity contribution in [2.45, 2.75) is 0 Å². The van der Waals surface area contributed by atoms with E-state index in [0.29, 0.717) is 0 Å². The first-order valence-corrected chi connectivity index (χ1v) is 4.18. The lowest BCUT2D eigenvalue weighted by molar-refractivity contribution is -0.137. The summed E-state index contributed by atoms with van der Waals surface area (Å²) in [4.78, 5) is 10.4. The van der Waals surface area contributed by atoms with Crippen molar-refractivity contribution < 1.29 is 22.1 Å². The van der Waals surface area contributed by atoms with Crippen LogP contribution in [-0.2, 0) is 23.8 Å². The minimum atomic E-state index is -3.84. The van der Waals surface area contributed by atoms with Crippen molar-refractivity contribution in [3.8, 4) is 0 Å². The van der Waals surface area contributed by atoms with Gasteiger partial charge in [-0.2, -0.15) is 8.42 Å². The van der Waals surface area contributed by atoms with Gasteiger partial charge in [0.1, 0.15) is 0 Å². The fraction of sp³-hybridized carbons (Fsp3) is 0.400. The van der Waals surface area contributed by atoms with Crippen molar-refractivity contribution >= 4 is 16.1 Å². The lowest BCUT2D eigenvalue weighted by Crippen LogP contribution is -2.17. The quantitative estimate of drug-likeness (QED) is 0.336. The molecule has 5 nitrogen and oxygen atoms in total. The van der Waals surface area contributed by atoms with Crippen LogP contribution in [0, 0.1) is 0 Å². The van der Waals surface area contributed by atoms with Crippen LogP contribution < -0.4 is 0 Å². The largest absolute Gasteiger partial charge is 0.468 e. The van der Waals surface area contributed by atoms with Crippen LogP contribution in [0.15, 0.2) is 12.8 Å². The van der Waals surface area contributed by atoms with Crippen LogP contribution >= 0.6 is 0 Å². The summed E-state index contributed by atoms with van der Waals surface area (Å²) < 4.78 is 29.3. The number of carbonyl (C=O) groups excluding carboxylic acids is 1. The SMILES string of the molecule is C=COS(=O)(=O)CC(=O)OC. The van der Waals surface area contributed by atoms with E-state index in [4.69, 9.17) is 0 Å². The molecule has 11 heavy (non-hydrogen) atoms. The molecule has 0 atom stereocenters. The molecule has 0 amide bonds. The van der Waals surface area contributed by atoms with Gasteiger partial charge in [0, 0.05) is 0 Å². The van der Waals surface area contributed by atoms with Crippen molar-refractivity contribution in [1.82, 2.24) is 0 Å². The Hall–Kier alpha value is -1.04. The maximum atomic E-state index is 10.6. The molecule has 0 spiro atoms. The van der Waals surface area contributed by atoms with E-state index in [1.807, 2.05) is 0 Å². The highest BCUT2D eigenvalue weighted by molar-refractivity contribution is 7.87. The van der Waals surface area contributed by atoms with Crippen LogP contribution in [0.1, 0.15) is 0 Å². The molecule has 0 aromatic heterocycles. The molecular formula is C5H8O5S. The molecule has 0 heterocycles. The number of esters is 1. The second kappa shape index (κ2) is 3.97. The molecule has 0 rings (SSSR count). The van der Waals surface area contributed by atoms with Crippen LogP contribution in [-0.4, -0.2) is 27.2 Å². The van der Waals surface area contributed by atoms with Gasteiger partial charge in [-0.05, 0) is 0 Å². The lowest BCUT2D eigenvalue weighted by Gasteiger charge is -1.99. The van der Waals surface area contributed by atoms with E-state index in [1.54, 1.807) is 0 Å². The maximum absolute atomic E-state index is 10.6. The van der Waals surface area contributed by atoms with Gasteiger partial charge in [0.05, 0.1) is 13.4 Å². The number of hydrogen-bond acceptors (Lipinski definition) is 5.